The van der Waals surface area contributed by atoms with Crippen LogP contribution >= 0.6 is 0 Å². The van der Waals surface area contributed by atoms with E-state index in [9.17, 15) is 13.2 Å². The second kappa shape index (κ2) is 9.03. The highest BCUT2D eigenvalue weighted by Crippen LogP contribution is 2.26. The predicted octanol–water partition coefficient (Wildman–Crippen LogP) is 3.52. The van der Waals surface area contributed by atoms with Gasteiger partial charge in [-0.2, -0.15) is 4.31 Å². The Bertz CT molecular complexity index is 964. The highest BCUT2D eigenvalue weighted by molar-refractivity contribution is 7.89. The minimum atomic E-state index is -3.64. The highest BCUT2D eigenvalue weighted by atomic mass is 32.2. The van der Waals surface area contributed by atoms with E-state index in [0.717, 1.165) is 24.8 Å². The Hall–Kier alpha value is -2.64. The molecule has 0 aromatic heterocycles. The Kier molecular flexibility index (Phi) is 6.49. The van der Waals surface area contributed by atoms with Gasteiger partial charge in [0.15, 0.2) is 0 Å². The van der Waals surface area contributed by atoms with Gasteiger partial charge in [-0.05, 0) is 48.7 Å². The molecule has 0 radical (unpaired) electrons. The first kappa shape index (κ1) is 20.1. The van der Waals surface area contributed by atoms with Crippen LogP contribution in [0.3, 0.4) is 0 Å². The number of nitrogens with one attached hydrogen (secondary N) is 1. The summed E-state index contributed by atoms with van der Waals surface area (Å²) >= 11 is 0. The molecule has 2 aromatic rings. The van der Waals surface area contributed by atoms with Crippen molar-refractivity contribution in [2.24, 2.45) is 0 Å². The molecule has 7 heteroatoms. The minimum Gasteiger partial charge on any atom is -0.497 e. The predicted molar refractivity (Wildman–Crippen MR) is 110 cm³/mol. The first-order valence-corrected chi connectivity index (χ1v) is 10.7. The monoisotopic (exact) mass is 400 g/mol. The highest BCUT2D eigenvalue weighted by Gasteiger charge is 2.28. The lowest BCUT2D eigenvalue weighted by molar-refractivity contribution is -0.111. The number of para-hydroxylation sites is 1. The lowest BCUT2D eigenvalue weighted by Crippen LogP contribution is -2.36. The molecule has 0 aliphatic carbocycles. The zero-order valence-electron chi connectivity index (χ0n) is 15.8. The van der Waals surface area contributed by atoms with Gasteiger partial charge in [0.1, 0.15) is 10.6 Å². The number of sulfonamides is 1. The molecule has 28 heavy (non-hydrogen) atoms. The van der Waals surface area contributed by atoms with Gasteiger partial charge in [-0.25, -0.2) is 8.42 Å². The van der Waals surface area contributed by atoms with Crippen molar-refractivity contribution in [3.05, 3.63) is 60.2 Å². The maximum absolute atomic E-state index is 13.0. The van der Waals surface area contributed by atoms with E-state index in [1.54, 1.807) is 37.5 Å². The van der Waals surface area contributed by atoms with Crippen LogP contribution in [0.2, 0.25) is 0 Å². The van der Waals surface area contributed by atoms with Crippen molar-refractivity contribution < 1.29 is 17.9 Å². The van der Waals surface area contributed by atoms with Crippen LogP contribution in [0.25, 0.3) is 6.08 Å². The lowest BCUT2D eigenvalue weighted by Gasteiger charge is -2.26. The van der Waals surface area contributed by atoms with Crippen LogP contribution in [0.1, 0.15) is 24.8 Å². The molecule has 1 heterocycles. The van der Waals surface area contributed by atoms with Gasteiger partial charge >= 0.3 is 0 Å². The SMILES string of the molecule is COc1cccc(C=CC(=O)Nc2ccccc2S(=O)(=O)N2CCCCC2)c1. The molecule has 2 aromatic carbocycles. The summed E-state index contributed by atoms with van der Waals surface area (Å²) in [5, 5.41) is 2.69. The van der Waals surface area contributed by atoms with Gasteiger partial charge in [0.05, 0.1) is 12.8 Å². The average Bonchev–Trinajstić information content (AvgIpc) is 2.73. The standard InChI is InChI=1S/C21H24N2O4S/c1-27-18-9-7-8-17(16-18)12-13-21(24)22-19-10-3-4-11-20(19)28(25,26)23-14-5-2-6-15-23/h3-4,7-13,16H,2,5-6,14-15H2,1H3,(H,22,24). The van der Waals surface area contributed by atoms with Crippen molar-refractivity contribution in [1.82, 2.24) is 4.31 Å². The number of piperidine rings is 1. The summed E-state index contributed by atoms with van der Waals surface area (Å²) in [5.41, 5.74) is 1.09. The van der Waals surface area contributed by atoms with Crippen LogP contribution in [0.5, 0.6) is 5.75 Å². The van der Waals surface area contributed by atoms with Crippen molar-refractivity contribution in [2.45, 2.75) is 24.2 Å². The third kappa shape index (κ3) is 4.79. The number of nitrogens with zero attached hydrogens (tertiary/aromatic N) is 1. The fourth-order valence-corrected chi connectivity index (χ4v) is 4.80. The number of methoxy groups -OCH3 is 1. The van der Waals surface area contributed by atoms with Crippen LogP contribution in [0, 0.1) is 0 Å². The average molecular weight is 401 g/mol. The summed E-state index contributed by atoms with van der Waals surface area (Å²) in [6.07, 6.45) is 5.78. The van der Waals surface area contributed by atoms with Gasteiger partial charge in [-0.15, -0.1) is 0 Å². The molecule has 0 spiro atoms. The van der Waals surface area contributed by atoms with Gasteiger partial charge in [-0.1, -0.05) is 30.7 Å². The van der Waals surface area contributed by atoms with E-state index < -0.39 is 15.9 Å². The smallest absolute Gasteiger partial charge is 0.248 e. The first-order chi connectivity index (χ1) is 13.5. The molecule has 1 aliphatic rings. The van der Waals surface area contributed by atoms with Crippen molar-refractivity contribution in [2.75, 3.05) is 25.5 Å². The van der Waals surface area contributed by atoms with E-state index in [1.807, 2.05) is 18.2 Å². The van der Waals surface area contributed by atoms with Gasteiger partial charge in [-0.3, -0.25) is 4.79 Å². The topological polar surface area (TPSA) is 75.7 Å². The Balaban J connectivity index is 1.77. The van der Waals surface area contributed by atoms with Crippen LogP contribution in [-0.2, 0) is 14.8 Å². The molecule has 1 N–H and O–H groups in total. The summed E-state index contributed by atoms with van der Waals surface area (Å²) in [6, 6.07) is 13.8. The van der Waals surface area contributed by atoms with E-state index in [2.05, 4.69) is 5.32 Å². The molecule has 3 rings (SSSR count). The van der Waals surface area contributed by atoms with Crippen molar-refractivity contribution >= 4 is 27.7 Å². The number of rotatable bonds is 6. The van der Waals surface area contributed by atoms with Crippen LogP contribution in [0.15, 0.2) is 59.5 Å². The summed E-state index contributed by atoms with van der Waals surface area (Å²) in [6.45, 7) is 1.03. The molecule has 0 unspecified atom stereocenters. The van der Waals surface area contributed by atoms with Gasteiger partial charge in [0.2, 0.25) is 15.9 Å². The third-order valence-corrected chi connectivity index (χ3v) is 6.56. The van der Waals surface area contributed by atoms with E-state index >= 15 is 0 Å². The molecule has 1 aliphatic heterocycles. The van der Waals surface area contributed by atoms with E-state index in [0.29, 0.717) is 18.8 Å². The quantitative estimate of drug-likeness (QED) is 0.753. The molecular formula is C21H24N2O4S. The van der Waals surface area contributed by atoms with Crippen molar-refractivity contribution in [1.29, 1.82) is 0 Å². The van der Waals surface area contributed by atoms with Gasteiger partial charge < -0.3 is 10.1 Å². The molecule has 6 nitrogen and oxygen atoms in total. The Labute approximate surface area is 165 Å². The summed E-state index contributed by atoms with van der Waals surface area (Å²) < 4.78 is 32.6. The molecular weight excluding hydrogens is 376 g/mol. The maximum atomic E-state index is 13.0. The van der Waals surface area contributed by atoms with E-state index in [4.69, 9.17) is 4.74 Å². The number of benzene rings is 2. The van der Waals surface area contributed by atoms with Crippen molar-refractivity contribution in [3.8, 4) is 5.75 Å². The van der Waals surface area contributed by atoms with Crippen LogP contribution < -0.4 is 10.1 Å². The number of amides is 1. The second-order valence-corrected chi connectivity index (χ2v) is 8.47. The van der Waals surface area contributed by atoms with Crippen LogP contribution in [-0.4, -0.2) is 38.8 Å². The zero-order chi connectivity index (χ0) is 20.0. The zero-order valence-corrected chi connectivity index (χ0v) is 16.6. The third-order valence-electron chi connectivity index (χ3n) is 4.60. The van der Waals surface area contributed by atoms with E-state index in [1.165, 1.54) is 16.4 Å². The number of carbonyl (C=O) groups excluding carboxylic acids is 1. The lowest BCUT2D eigenvalue weighted by atomic mass is 10.2. The minimum absolute atomic E-state index is 0.125. The summed E-state index contributed by atoms with van der Waals surface area (Å²) in [5.74, 6) is 0.296. The van der Waals surface area contributed by atoms with Gasteiger partial charge in [0.25, 0.3) is 0 Å². The number of hydrogen-bond donors (Lipinski definition) is 1. The van der Waals surface area contributed by atoms with Crippen LogP contribution in [0.4, 0.5) is 5.69 Å². The molecule has 1 fully saturated rings. The molecule has 1 saturated heterocycles. The van der Waals surface area contributed by atoms with Gasteiger partial charge in [0, 0.05) is 19.2 Å². The Morgan fingerprint density at radius 2 is 1.82 bits per heavy atom. The molecule has 0 atom stereocenters. The fourth-order valence-electron chi connectivity index (χ4n) is 3.13. The van der Waals surface area contributed by atoms with Crippen molar-refractivity contribution in [3.63, 3.8) is 0 Å². The fraction of sp³-hybridized carbons (Fsp3) is 0.286. The molecule has 0 saturated carbocycles. The summed E-state index contributed by atoms with van der Waals surface area (Å²) in [4.78, 5) is 12.5. The largest absolute Gasteiger partial charge is 0.497 e. The normalized spacial score (nSPS) is 15.5. The first-order valence-electron chi connectivity index (χ1n) is 9.23. The number of anilines is 1. The molecule has 1 amide bonds. The Morgan fingerprint density at radius 3 is 2.57 bits per heavy atom. The summed E-state index contributed by atoms with van der Waals surface area (Å²) in [7, 11) is -2.06. The number of ether oxygens (including phenoxy) is 1. The molecule has 148 valence electrons. The molecule has 0 bridgehead atoms. The van der Waals surface area contributed by atoms with E-state index in [-0.39, 0.29) is 10.6 Å². The number of hydrogen-bond acceptors (Lipinski definition) is 4. The Morgan fingerprint density at radius 1 is 1.07 bits per heavy atom. The maximum Gasteiger partial charge on any atom is 0.248 e. The second-order valence-electron chi connectivity index (χ2n) is 6.56. The number of carbonyl (C=O) groups is 1.